The smallest absolute Gasteiger partial charge is 0.144 e. The number of nitrogens with zero attached hydrogens (tertiary/aromatic N) is 2. The molecule has 0 saturated carbocycles. The van der Waals surface area contributed by atoms with E-state index in [9.17, 15) is 0 Å². The second-order valence-corrected chi connectivity index (χ2v) is 11.9. The van der Waals surface area contributed by atoms with Crippen LogP contribution in [0.2, 0.25) is 0 Å². The van der Waals surface area contributed by atoms with Gasteiger partial charge in [0.1, 0.15) is 11.2 Å². The fourth-order valence-electron chi connectivity index (χ4n) is 7.22. The molecule has 6 aromatic carbocycles. The number of para-hydroxylation sites is 2. The van der Waals surface area contributed by atoms with Gasteiger partial charge in [-0.25, -0.2) is 0 Å². The number of rotatable bonds is 5. The SMILES string of the molecule is CN/C(=C1/C=CC=C/C1=N/Cc1cccc(-n2c3ccccc3c3c4c5ccccc5oc4c4ccccc4c32)c1)c1ccccc1. The van der Waals surface area contributed by atoms with Gasteiger partial charge in [0.15, 0.2) is 0 Å². The number of aliphatic imine (C=N–C) groups is 1. The average Bonchev–Trinajstić information content (AvgIpc) is 3.69. The summed E-state index contributed by atoms with van der Waals surface area (Å²) < 4.78 is 8.99. The number of fused-ring (bicyclic) bond motifs is 10. The molecule has 2 aromatic heterocycles. The van der Waals surface area contributed by atoms with Gasteiger partial charge >= 0.3 is 0 Å². The Labute approximate surface area is 272 Å². The van der Waals surface area contributed by atoms with Crippen molar-refractivity contribution in [2.24, 2.45) is 4.99 Å². The predicted molar refractivity (Wildman–Crippen MR) is 197 cm³/mol. The minimum atomic E-state index is 0.561. The van der Waals surface area contributed by atoms with Crippen LogP contribution in [0.1, 0.15) is 11.1 Å². The van der Waals surface area contributed by atoms with Crippen molar-refractivity contribution >= 4 is 65.9 Å². The molecule has 8 aromatic rings. The van der Waals surface area contributed by atoms with Gasteiger partial charge in [0.2, 0.25) is 0 Å². The standard InChI is InChI=1S/C43H31N3O/c1-44-41(29-15-3-2-4-16-29)33-20-7-10-23-36(33)45-27-28-14-13-17-30(26-28)46-37-24-11-8-21-34(37)39-40-35-22-9-12-25-38(35)47-43(40)32-19-6-5-18-31(32)42(39)46/h2-26,44H,27H2,1H3/b41-33-,45-36-. The van der Waals surface area contributed by atoms with Crippen LogP contribution in [0.3, 0.4) is 0 Å². The number of hydrogen-bond acceptors (Lipinski definition) is 3. The molecule has 0 fully saturated rings. The van der Waals surface area contributed by atoms with Crippen LogP contribution in [-0.2, 0) is 6.54 Å². The molecule has 0 spiro atoms. The van der Waals surface area contributed by atoms with E-state index in [1.807, 2.05) is 19.2 Å². The molecule has 1 aliphatic rings. The number of hydrogen-bond donors (Lipinski definition) is 1. The highest BCUT2D eigenvalue weighted by atomic mass is 16.3. The van der Waals surface area contributed by atoms with E-state index < -0.39 is 0 Å². The lowest BCUT2D eigenvalue weighted by Crippen LogP contribution is -2.13. The van der Waals surface area contributed by atoms with Crippen LogP contribution >= 0.6 is 0 Å². The molecule has 0 radical (unpaired) electrons. The van der Waals surface area contributed by atoms with Gasteiger partial charge in [-0.1, -0.05) is 121 Å². The molecule has 224 valence electrons. The summed E-state index contributed by atoms with van der Waals surface area (Å²) in [7, 11) is 1.97. The van der Waals surface area contributed by atoms with Crippen LogP contribution in [-0.4, -0.2) is 17.3 Å². The van der Waals surface area contributed by atoms with E-state index in [-0.39, 0.29) is 0 Å². The molecule has 4 nitrogen and oxygen atoms in total. The predicted octanol–water partition coefficient (Wildman–Crippen LogP) is 10.5. The third-order valence-corrected chi connectivity index (χ3v) is 9.23. The van der Waals surface area contributed by atoms with Gasteiger partial charge in [-0.2, -0.15) is 0 Å². The van der Waals surface area contributed by atoms with Crippen molar-refractivity contribution in [3.63, 3.8) is 0 Å². The first kappa shape index (κ1) is 27.2. The summed E-state index contributed by atoms with van der Waals surface area (Å²) in [5.74, 6) is 0. The van der Waals surface area contributed by atoms with E-state index in [4.69, 9.17) is 9.41 Å². The summed E-state index contributed by atoms with van der Waals surface area (Å²) in [6, 6.07) is 45.0. The van der Waals surface area contributed by atoms with Crippen molar-refractivity contribution in [3.05, 3.63) is 168 Å². The zero-order chi connectivity index (χ0) is 31.3. The highest BCUT2D eigenvalue weighted by Gasteiger charge is 2.22. The van der Waals surface area contributed by atoms with Gasteiger partial charge in [-0.05, 0) is 41.5 Å². The number of furan rings is 1. The monoisotopic (exact) mass is 605 g/mol. The largest absolute Gasteiger partial charge is 0.455 e. The lowest BCUT2D eigenvalue weighted by molar-refractivity contribution is 0.673. The van der Waals surface area contributed by atoms with Gasteiger partial charge in [0.25, 0.3) is 0 Å². The Hall–Kier alpha value is -6.13. The number of nitrogens with one attached hydrogen (secondary N) is 1. The lowest BCUT2D eigenvalue weighted by Gasteiger charge is -2.15. The topological polar surface area (TPSA) is 42.5 Å². The van der Waals surface area contributed by atoms with Gasteiger partial charge in [-0.3, -0.25) is 4.99 Å². The molecule has 0 amide bonds. The number of aromatic nitrogens is 1. The zero-order valence-electron chi connectivity index (χ0n) is 25.9. The molecule has 9 rings (SSSR count). The summed E-state index contributed by atoms with van der Waals surface area (Å²) in [6.45, 7) is 0.561. The quantitative estimate of drug-likeness (QED) is 0.212. The first-order chi connectivity index (χ1) is 23.3. The lowest BCUT2D eigenvalue weighted by atomic mass is 9.98. The van der Waals surface area contributed by atoms with E-state index in [2.05, 4.69) is 149 Å². The summed E-state index contributed by atoms with van der Waals surface area (Å²) in [5.41, 5.74) is 10.7. The van der Waals surface area contributed by atoms with Crippen molar-refractivity contribution < 1.29 is 4.42 Å². The molecule has 47 heavy (non-hydrogen) atoms. The second-order valence-electron chi connectivity index (χ2n) is 11.9. The zero-order valence-corrected chi connectivity index (χ0v) is 25.9. The van der Waals surface area contributed by atoms with Gasteiger partial charge in [0.05, 0.1) is 29.0 Å². The van der Waals surface area contributed by atoms with Crippen molar-refractivity contribution in [2.45, 2.75) is 6.54 Å². The third kappa shape index (κ3) is 4.33. The summed E-state index contributed by atoms with van der Waals surface area (Å²) >= 11 is 0. The van der Waals surface area contributed by atoms with Crippen LogP contribution < -0.4 is 5.32 Å². The van der Waals surface area contributed by atoms with E-state index in [0.717, 1.165) is 55.7 Å². The molecule has 2 heterocycles. The van der Waals surface area contributed by atoms with Crippen molar-refractivity contribution in [1.82, 2.24) is 9.88 Å². The molecule has 0 atom stereocenters. The fraction of sp³-hybridized carbons (Fsp3) is 0.0465. The maximum atomic E-state index is 6.57. The number of allylic oxidation sites excluding steroid dienone is 5. The first-order valence-corrected chi connectivity index (χ1v) is 16.0. The van der Waals surface area contributed by atoms with E-state index in [1.165, 1.54) is 32.6 Å². The van der Waals surface area contributed by atoms with Crippen LogP contribution in [0, 0.1) is 0 Å². The van der Waals surface area contributed by atoms with E-state index >= 15 is 0 Å². The minimum absolute atomic E-state index is 0.561. The highest BCUT2D eigenvalue weighted by Crippen LogP contribution is 2.45. The van der Waals surface area contributed by atoms with Crippen molar-refractivity contribution in [3.8, 4) is 5.69 Å². The van der Waals surface area contributed by atoms with Crippen molar-refractivity contribution in [2.75, 3.05) is 7.05 Å². The Morgan fingerprint density at radius 1 is 0.681 bits per heavy atom. The molecular weight excluding hydrogens is 574 g/mol. The Morgan fingerprint density at radius 2 is 1.40 bits per heavy atom. The Balaban J connectivity index is 1.24. The van der Waals surface area contributed by atoms with Crippen LogP contribution in [0.5, 0.6) is 0 Å². The van der Waals surface area contributed by atoms with Gasteiger partial charge in [0, 0.05) is 50.6 Å². The maximum absolute atomic E-state index is 6.57. The summed E-state index contributed by atoms with van der Waals surface area (Å²) in [6.07, 6.45) is 8.36. The van der Waals surface area contributed by atoms with Gasteiger partial charge < -0.3 is 14.3 Å². The van der Waals surface area contributed by atoms with E-state index in [1.54, 1.807) is 0 Å². The molecule has 0 saturated heterocycles. The van der Waals surface area contributed by atoms with Crippen LogP contribution in [0.15, 0.2) is 167 Å². The molecule has 4 heteroatoms. The van der Waals surface area contributed by atoms with Crippen molar-refractivity contribution in [1.29, 1.82) is 0 Å². The highest BCUT2D eigenvalue weighted by molar-refractivity contribution is 6.36. The van der Waals surface area contributed by atoms with Crippen LogP contribution in [0.25, 0.3) is 65.9 Å². The normalized spacial score (nSPS) is 15.1. The van der Waals surface area contributed by atoms with Crippen LogP contribution in [0.4, 0.5) is 0 Å². The molecular formula is C43H31N3O. The Bertz CT molecular complexity index is 2630. The average molecular weight is 606 g/mol. The molecule has 0 bridgehead atoms. The number of benzene rings is 6. The second kappa shape index (κ2) is 11.0. The summed E-state index contributed by atoms with van der Waals surface area (Å²) in [5, 5.41) is 10.5. The summed E-state index contributed by atoms with van der Waals surface area (Å²) in [4.78, 5) is 5.15. The fourth-order valence-corrected chi connectivity index (χ4v) is 7.22. The minimum Gasteiger partial charge on any atom is -0.455 e. The Morgan fingerprint density at radius 3 is 2.26 bits per heavy atom. The Kier molecular flexibility index (Phi) is 6.39. The molecule has 1 aliphatic carbocycles. The molecule has 1 N–H and O–H groups in total. The molecule has 0 unspecified atom stereocenters. The first-order valence-electron chi connectivity index (χ1n) is 16.0. The van der Waals surface area contributed by atoms with E-state index in [0.29, 0.717) is 6.54 Å². The molecule has 0 aliphatic heterocycles. The third-order valence-electron chi connectivity index (χ3n) is 9.23. The maximum Gasteiger partial charge on any atom is 0.144 e. The van der Waals surface area contributed by atoms with Gasteiger partial charge in [-0.15, -0.1) is 0 Å².